The molecule has 1 aromatic carbocycles. The SMILES string of the molecule is Cc1cc(C)c(S(=O)(=O)NCCn2cccn2)cc1CN. The van der Waals surface area contributed by atoms with Crippen LogP contribution in [0.2, 0.25) is 0 Å². The molecule has 114 valence electrons. The summed E-state index contributed by atoms with van der Waals surface area (Å²) >= 11 is 0. The molecule has 0 radical (unpaired) electrons. The predicted molar refractivity (Wildman–Crippen MR) is 81.2 cm³/mol. The van der Waals surface area contributed by atoms with Gasteiger partial charge in [0.1, 0.15) is 0 Å². The number of aryl methyl sites for hydroxylation is 2. The van der Waals surface area contributed by atoms with E-state index < -0.39 is 10.0 Å². The van der Waals surface area contributed by atoms with E-state index in [-0.39, 0.29) is 11.4 Å². The van der Waals surface area contributed by atoms with Crippen molar-refractivity contribution in [2.45, 2.75) is 31.8 Å². The van der Waals surface area contributed by atoms with Crippen LogP contribution in [0.5, 0.6) is 0 Å². The monoisotopic (exact) mass is 308 g/mol. The average molecular weight is 308 g/mol. The molecule has 2 aromatic rings. The van der Waals surface area contributed by atoms with E-state index in [1.807, 2.05) is 13.0 Å². The summed E-state index contributed by atoms with van der Waals surface area (Å²) in [5.41, 5.74) is 8.22. The van der Waals surface area contributed by atoms with Crippen molar-refractivity contribution in [3.05, 3.63) is 47.3 Å². The fraction of sp³-hybridized carbons (Fsp3) is 0.357. The highest BCUT2D eigenvalue weighted by atomic mass is 32.2. The summed E-state index contributed by atoms with van der Waals surface area (Å²) in [6, 6.07) is 5.30. The number of sulfonamides is 1. The summed E-state index contributed by atoms with van der Waals surface area (Å²) in [7, 11) is -3.54. The van der Waals surface area contributed by atoms with E-state index in [1.54, 1.807) is 36.1 Å². The Balaban J connectivity index is 2.15. The Morgan fingerprint density at radius 1 is 1.29 bits per heavy atom. The van der Waals surface area contributed by atoms with Gasteiger partial charge in [0.25, 0.3) is 0 Å². The summed E-state index contributed by atoms with van der Waals surface area (Å²) in [6.07, 6.45) is 3.45. The van der Waals surface area contributed by atoms with Crippen LogP contribution in [0.3, 0.4) is 0 Å². The summed E-state index contributed by atoms with van der Waals surface area (Å²) in [6.45, 7) is 4.81. The van der Waals surface area contributed by atoms with Crippen LogP contribution in [0.4, 0.5) is 0 Å². The van der Waals surface area contributed by atoms with E-state index in [0.29, 0.717) is 13.1 Å². The molecular weight excluding hydrogens is 288 g/mol. The third-order valence-corrected chi connectivity index (χ3v) is 4.94. The standard InChI is InChI=1S/C14H20N4O2S/c1-11-8-12(2)14(9-13(11)10-15)21(19,20)17-5-7-18-6-3-4-16-18/h3-4,6,8-9,17H,5,7,10,15H2,1-2H3. The molecule has 3 N–H and O–H groups in total. The zero-order valence-corrected chi connectivity index (χ0v) is 13.0. The van der Waals surface area contributed by atoms with Crippen LogP contribution in [-0.2, 0) is 23.1 Å². The van der Waals surface area contributed by atoms with E-state index in [0.717, 1.165) is 16.7 Å². The van der Waals surface area contributed by atoms with Crippen molar-refractivity contribution >= 4 is 10.0 Å². The van der Waals surface area contributed by atoms with Gasteiger partial charge in [0.2, 0.25) is 10.0 Å². The quantitative estimate of drug-likeness (QED) is 0.831. The van der Waals surface area contributed by atoms with E-state index in [1.165, 1.54) is 0 Å². The molecule has 0 fully saturated rings. The van der Waals surface area contributed by atoms with E-state index in [2.05, 4.69) is 9.82 Å². The lowest BCUT2D eigenvalue weighted by Gasteiger charge is -2.13. The Kier molecular flexibility index (Phi) is 4.76. The Morgan fingerprint density at radius 2 is 2.05 bits per heavy atom. The molecule has 0 amide bonds. The van der Waals surface area contributed by atoms with Crippen LogP contribution in [0, 0.1) is 13.8 Å². The molecule has 0 atom stereocenters. The van der Waals surface area contributed by atoms with Crippen LogP contribution in [0.1, 0.15) is 16.7 Å². The molecule has 0 saturated carbocycles. The lowest BCUT2D eigenvalue weighted by molar-refractivity contribution is 0.560. The Labute approximate surface area is 125 Å². The van der Waals surface area contributed by atoms with Crippen molar-refractivity contribution in [2.24, 2.45) is 5.73 Å². The minimum absolute atomic E-state index is 0.286. The molecule has 7 heteroatoms. The maximum atomic E-state index is 12.4. The number of rotatable bonds is 6. The highest BCUT2D eigenvalue weighted by molar-refractivity contribution is 7.89. The molecular formula is C14H20N4O2S. The second kappa shape index (κ2) is 6.38. The Hall–Kier alpha value is -1.70. The minimum atomic E-state index is -3.54. The predicted octanol–water partition coefficient (Wildman–Crippen LogP) is 0.937. The maximum Gasteiger partial charge on any atom is 0.240 e. The van der Waals surface area contributed by atoms with Crippen LogP contribution < -0.4 is 10.5 Å². The first-order valence-electron chi connectivity index (χ1n) is 6.71. The molecule has 0 bridgehead atoms. The lowest BCUT2D eigenvalue weighted by atomic mass is 10.1. The van der Waals surface area contributed by atoms with Gasteiger partial charge < -0.3 is 5.73 Å². The topological polar surface area (TPSA) is 90.0 Å². The van der Waals surface area contributed by atoms with Crippen molar-refractivity contribution < 1.29 is 8.42 Å². The van der Waals surface area contributed by atoms with Gasteiger partial charge in [0, 0.05) is 25.5 Å². The molecule has 1 aromatic heterocycles. The van der Waals surface area contributed by atoms with Crippen molar-refractivity contribution in [1.82, 2.24) is 14.5 Å². The Morgan fingerprint density at radius 3 is 2.67 bits per heavy atom. The van der Waals surface area contributed by atoms with Gasteiger partial charge in [-0.3, -0.25) is 4.68 Å². The van der Waals surface area contributed by atoms with Gasteiger partial charge in [-0.25, -0.2) is 13.1 Å². The lowest BCUT2D eigenvalue weighted by Crippen LogP contribution is -2.28. The summed E-state index contributed by atoms with van der Waals surface area (Å²) < 4.78 is 29.0. The molecule has 1 heterocycles. The molecule has 0 saturated heterocycles. The number of hydrogen-bond acceptors (Lipinski definition) is 4. The largest absolute Gasteiger partial charge is 0.326 e. The third kappa shape index (κ3) is 3.69. The van der Waals surface area contributed by atoms with Crippen molar-refractivity contribution in [3.8, 4) is 0 Å². The van der Waals surface area contributed by atoms with Gasteiger partial charge >= 0.3 is 0 Å². The molecule has 0 unspecified atom stereocenters. The van der Waals surface area contributed by atoms with E-state index in [9.17, 15) is 8.42 Å². The van der Waals surface area contributed by atoms with Gasteiger partial charge in [-0.05, 0) is 42.7 Å². The number of aromatic nitrogens is 2. The van der Waals surface area contributed by atoms with Gasteiger partial charge in [-0.1, -0.05) is 6.07 Å². The van der Waals surface area contributed by atoms with Crippen LogP contribution >= 0.6 is 0 Å². The molecule has 0 aliphatic heterocycles. The number of hydrogen-bond donors (Lipinski definition) is 2. The molecule has 0 spiro atoms. The number of nitrogens with one attached hydrogen (secondary N) is 1. The van der Waals surface area contributed by atoms with Gasteiger partial charge in [-0.15, -0.1) is 0 Å². The second-order valence-corrected chi connectivity index (χ2v) is 6.65. The Bertz CT molecular complexity index is 709. The summed E-state index contributed by atoms with van der Waals surface area (Å²) in [4.78, 5) is 0.286. The van der Waals surface area contributed by atoms with Gasteiger partial charge in [-0.2, -0.15) is 5.10 Å². The third-order valence-electron chi connectivity index (χ3n) is 3.34. The first-order valence-corrected chi connectivity index (χ1v) is 8.19. The van der Waals surface area contributed by atoms with Gasteiger partial charge in [0.05, 0.1) is 11.4 Å². The zero-order chi connectivity index (χ0) is 15.5. The molecule has 2 rings (SSSR count). The fourth-order valence-electron chi connectivity index (χ4n) is 2.19. The van der Waals surface area contributed by atoms with Crippen LogP contribution in [0.15, 0.2) is 35.5 Å². The molecule has 21 heavy (non-hydrogen) atoms. The highest BCUT2D eigenvalue weighted by Gasteiger charge is 2.17. The van der Waals surface area contributed by atoms with Crippen molar-refractivity contribution in [3.63, 3.8) is 0 Å². The molecule has 0 aliphatic rings. The average Bonchev–Trinajstić information content (AvgIpc) is 2.91. The van der Waals surface area contributed by atoms with E-state index >= 15 is 0 Å². The summed E-state index contributed by atoms with van der Waals surface area (Å²) in [5, 5.41) is 4.03. The maximum absolute atomic E-state index is 12.4. The zero-order valence-electron chi connectivity index (χ0n) is 12.2. The van der Waals surface area contributed by atoms with Crippen LogP contribution in [-0.4, -0.2) is 24.7 Å². The van der Waals surface area contributed by atoms with Crippen molar-refractivity contribution in [2.75, 3.05) is 6.54 Å². The fourth-order valence-corrected chi connectivity index (χ4v) is 3.48. The van der Waals surface area contributed by atoms with Crippen molar-refractivity contribution in [1.29, 1.82) is 0 Å². The number of nitrogens with two attached hydrogens (primary N) is 1. The second-order valence-electron chi connectivity index (χ2n) is 4.92. The normalized spacial score (nSPS) is 11.8. The van der Waals surface area contributed by atoms with E-state index in [4.69, 9.17) is 5.73 Å². The minimum Gasteiger partial charge on any atom is -0.326 e. The van der Waals surface area contributed by atoms with Crippen LogP contribution in [0.25, 0.3) is 0 Å². The highest BCUT2D eigenvalue weighted by Crippen LogP contribution is 2.20. The first-order chi connectivity index (χ1) is 9.94. The summed E-state index contributed by atoms with van der Waals surface area (Å²) in [5.74, 6) is 0. The molecule has 0 aliphatic carbocycles. The molecule has 6 nitrogen and oxygen atoms in total. The number of nitrogens with zero attached hydrogens (tertiary/aromatic N) is 2. The smallest absolute Gasteiger partial charge is 0.240 e. The van der Waals surface area contributed by atoms with Gasteiger partial charge in [0.15, 0.2) is 0 Å². The number of benzene rings is 1. The first kappa shape index (κ1) is 15.7.